The summed E-state index contributed by atoms with van der Waals surface area (Å²) in [5.74, 6) is -1.06. The summed E-state index contributed by atoms with van der Waals surface area (Å²) in [5, 5.41) is 5.28. The smallest absolute Gasteiger partial charge is 0.280 e. The summed E-state index contributed by atoms with van der Waals surface area (Å²) in [5.41, 5.74) is 11.6. The lowest BCUT2D eigenvalue weighted by molar-refractivity contribution is 0.100. The molecule has 10 heteroatoms. The molecule has 1 aromatic carbocycles. The molecule has 0 aliphatic carbocycles. The fraction of sp³-hybridized carbons (Fsp3) is 0.214. The van der Waals surface area contributed by atoms with Gasteiger partial charge in [0.2, 0.25) is 0 Å². The number of thiazole rings is 1. The molecule has 0 aliphatic heterocycles. The van der Waals surface area contributed by atoms with Gasteiger partial charge in [0.1, 0.15) is 0 Å². The van der Waals surface area contributed by atoms with Crippen LogP contribution in [0.4, 0.5) is 10.8 Å². The zero-order valence-electron chi connectivity index (χ0n) is 13.1. The van der Waals surface area contributed by atoms with Gasteiger partial charge in [0.05, 0.1) is 10.6 Å². The number of carbonyl (C=O) groups is 1. The summed E-state index contributed by atoms with van der Waals surface area (Å²) in [6, 6.07) is 2.89. The number of nitrogens with one attached hydrogen (secondary N) is 1. The molecule has 2 aromatic rings. The van der Waals surface area contributed by atoms with E-state index in [1.165, 1.54) is 17.4 Å². The van der Waals surface area contributed by atoms with Gasteiger partial charge in [-0.25, -0.2) is 13.4 Å². The quantitative estimate of drug-likeness (QED) is 0.534. The number of sulfone groups is 1. The van der Waals surface area contributed by atoms with E-state index in [0.29, 0.717) is 22.8 Å². The Morgan fingerprint density at radius 1 is 1.38 bits per heavy atom. The summed E-state index contributed by atoms with van der Waals surface area (Å²) in [6.07, 6.45) is 3.16. The van der Waals surface area contributed by atoms with Crippen LogP contribution in [0.25, 0.3) is 0 Å². The van der Waals surface area contributed by atoms with Crippen molar-refractivity contribution in [3.63, 3.8) is 0 Å². The highest BCUT2D eigenvalue weighted by Crippen LogP contribution is 2.30. The molecule has 0 spiro atoms. The summed E-state index contributed by atoms with van der Waals surface area (Å²) < 4.78 is 24.3. The number of guanidine groups is 1. The molecular weight excluding hydrogens is 350 g/mol. The number of hydrogen-bond acceptors (Lipinski definition) is 6. The topological polar surface area (TPSA) is 141 Å². The zero-order chi connectivity index (χ0) is 17.9. The number of hydrogen-bond donors (Lipinski definition) is 3. The number of anilines is 2. The van der Waals surface area contributed by atoms with Crippen molar-refractivity contribution >= 4 is 43.9 Å². The van der Waals surface area contributed by atoms with Crippen LogP contribution in [0.15, 0.2) is 33.6 Å². The molecule has 0 fully saturated rings. The minimum atomic E-state index is -3.59. The Morgan fingerprint density at radius 3 is 2.58 bits per heavy atom. The lowest BCUT2D eigenvalue weighted by Gasteiger charge is -2.14. The van der Waals surface area contributed by atoms with Gasteiger partial charge in [-0.15, -0.1) is 11.3 Å². The van der Waals surface area contributed by atoms with E-state index in [-0.39, 0.29) is 16.4 Å². The minimum absolute atomic E-state index is 0.0240. The van der Waals surface area contributed by atoms with Crippen LogP contribution in [0.1, 0.15) is 22.8 Å². The van der Waals surface area contributed by atoms with E-state index in [9.17, 15) is 13.2 Å². The Hall–Kier alpha value is -2.46. The van der Waals surface area contributed by atoms with Crippen molar-refractivity contribution in [1.82, 2.24) is 4.98 Å². The van der Waals surface area contributed by atoms with Gasteiger partial charge in [-0.05, 0) is 24.1 Å². The molecular formula is C14H17N5O3S2. The fourth-order valence-corrected chi connectivity index (χ4v) is 3.48. The molecule has 0 aliphatic rings. The molecule has 2 rings (SSSR count). The Morgan fingerprint density at radius 2 is 2.08 bits per heavy atom. The van der Waals surface area contributed by atoms with Crippen molar-refractivity contribution in [3.05, 3.63) is 34.8 Å². The number of nitrogens with zero attached hydrogens (tertiary/aromatic N) is 2. The van der Waals surface area contributed by atoms with Gasteiger partial charge in [-0.2, -0.15) is 4.99 Å². The SMILES string of the molecule is CCc1cc(Nc2nccs2)c(S(C)(=O)=O)cc1C(=O)N=C(N)N. The van der Waals surface area contributed by atoms with Crippen molar-refractivity contribution in [3.8, 4) is 0 Å². The predicted octanol–water partition coefficient (Wildman–Crippen LogP) is 1.27. The third-order valence-electron chi connectivity index (χ3n) is 3.12. The highest BCUT2D eigenvalue weighted by atomic mass is 32.2. The van der Waals surface area contributed by atoms with E-state index in [0.717, 1.165) is 6.26 Å². The molecule has 1 amide bonds. The van der Waals surface area contributed by atoms with Crippen LogP contribution in [-0.2, 0) is 16.3 Å². The number of carbonyl (C=O) groups excluding carboxylic acids is 1. The maximum atomic E-state index is 12.2. The van der Waals surface area contributed by atoms with E-state index >= 15 is 0 Å². The number of amides is 1. The Labute approximate surface area is 143 Å². The third-order valence-corrected chi connectivity index (χ3v) is 4.95. The lowest BCUT2D eigenvalue weighted by atomic mass is 10.0. The second-order valence-corrected chi connectivity index (χ2v) is 7.81. The number of aliphatic imine (C=N–C) groups is 1. The standard InChI is InChI=1S/C14H17N5O3S2/c1-3-8-6-10(18-14-17-4-5-23-14)11(24(2,21)22)7-9(8)12(20)19-13(15)16/h4-7H,3H2,1-2H3,(H,17,18)(H4,15,16,19,20). The van der Waals surface area contributed by atoms with Gasteiger partial charge in [0, 0.05) is 23.4 Å². The highest BCUT2D eigenvalue weighted by Gasteiger charge is 2.21. The number of benzene rings is 1. The van der Waals surface area contributed by atoms with Gasteiger partial charge in [0.25, 0.3) is 5.91 Å². The monoisotopic (exact) mass is 367 g/mol. The molecule has 8 nitrogen and oxygen atoms in total. The van der Waals surface area contributed by atoms with E-state index < -0.39 is 15.7 Å². The molecule has 128 valence electrons. The first-order valence-corrected chi connectivity index (χ1v) is 9.67. The van der Waals surface area contributed by atoms with E-state index in [4.69, 9.17) is 11.5 Å². The zero-order valence-corrected chi connectivity index (χ0v) is 14.7. The largest absolute Gasteiger partial charge is 0.370 e. The van der Waals surface area contributed by atoms with Crippen molar-refractivity contribution < 1.29 is 13.2 Å². The number of aryl methyl sites for hydroxylation is 1. The van der Waals surface area contributed by atoms with Gasteiger partial charge in [-0.1, -0.05) is 6.92 Å². The second kappa shape index (κ2) is 6.97. The van der Waals surface area contributed by atoms with E-state index in [1.807, 2.05) is 6.92 Å². The van der Waals surface area contributed by atoms with Gasteiger partial charge >= 0.3 is 0 Å². The van der Waals surface area contributed by atoms with Gasteiger partial charge in [-0.3, -0.25) is 4.79 Å². The fourth-order valence-electron chi connectivity index (χ4n) is 2.10. The highest BCUT2D eigenvalue weighted by molar-refractivity contribution is 7.90. The normalized spacial score (nSPS) is 11.1. The predicted molar refractivity (Wildman–Crippen MR) is 94.5 cm³/mol. The Kier molecular flexibility index (Phi) is 5.20. The summed E-state index contributed by atoms with van der Waals surface area (Å²) >= 11 is 1.33. The average Bonchev–Trinajstić information content (AvgIpc) is 2.97. The van der Waals surface area contributed by atoms with E-state index in [2.05, 4.69) is 15.3 Å². The molecule has 5 N–H and O–H groups in total. The van der Waals surface area contributed by atoms with Crippen LogP contribution >= 0.6 is 11.3 Å². The Balaban J connectivity index is 2.64. The molecule has 0 radical (unpaired) electrons. The van der Waals surface area contributed by atoms with Crippen LogP contribution in [0.3, 0.4) is 0 Å². The van der Waals surface area contributed by atoms with Crippen LogP contribution in [0.5, 0.6) is 0 Å². The van der Waals surface area contributed by atoms with Gasteiger partial charge < -0.3 is 16.8 Å². The first kappa shape index (κ1) is 17.9. The number of rotatable bonds is 5. The summed E-state index contributed by atoms with van der Waals surface area (Å²) in [6.45, 7) is 1.84. The molecule has 0 saturated carbocycles. The second-order valence-electron chi connectivity index (χ2n) is 4.94. The average molecular weight is 367 g/mol. The van der Waals surface area contributed by atoms with Crippen molar-refractivity contribution in [2.75, 3.05) is 11.6 Å². The van der Waals surface area contributed by atoms with E-state index in [1.54, 1.807) is 17.6 Å². The maximum Gasteiger partial charge on any atom is 0.280 e. The van der Waals surface area contributed by atoms with Gasteiger partial charge in [0.15, 0.2) is 20.9 Å². The molecule has 0 bridgehead atoms. The van der Waals surface area contributed by atoms with Crippen molar-refractivity contribution in [2.24, 2.45) is 16.5 Å². The Bertz CT molecular complexity index is 885. The van der Waals surface area contributed by atoms with Crippen LogP contribution in [0, 0.1) is 0 Å². The first-order chi connectivity index (χ1) is 11.2. The summed E-state index contributed by atoms with van der Waals surface area (Å²) in [4.78, 5) is 19.7. The molecule has 1 heterocycles. The van der Waals surface area contributed by atoms with Crippen LogP contribution in [-0.4, -0.2) is 31.5 Å². The van der Waals surface area contributed by atoms with Crippen molar-refractivity contribution in [2.45, 2.75) is 18.2 Å². The molecule has 0 atom stereocenters. The molecule has 1 aromatic heterocycles. The van der Waals surface area contributed by atoms with Crippen molar-refractivity contribution in [1.29, 1.82) is 0 Å². The summed E-state index contributed by atoms with van der Waals surface area (Å²) in [7, 11) is -3.59. The molecule has 0 unspecified atom stereocenters. The molecule has 24 heavy (non-hydrogen) atoms. The maximum absolute atomic E-state index is 12.2. The van der Waals surface area contributed by atoms with Crippen LogP contribution < -0.4 is 16.8 Å². The number of aromatic nitrogens is 1. The first-order valence-electron chi connectivity index (χ1n) is 6.89. The lowest BCUT2D eigenvalue weighted by Crippen LogP contribution is -2.24. The third kappa shape index (κ3) is 4.09. The van der Waals surface area contributed by atoms with Crippen LogP contribution in [0.2, 0.25) is 0 Å². The molecule has 0 saturated heterocycles. The minimum Gasteiger partial charge on any atom is -0.370 e. The number of nitrogens with two attached hydrogens (primary N) is 2.